The van der Waals surface area contributed by atoms with Crippen LogP contribution in [0, 0.1) is 5.92 Å². The first-order chi connectivity index (χ1) is 8.43. The molecule has 0 amide bonds. The topological polar surface area (TPSA) is 63.4 Å². The second kappa shape index (κ2) is 4.80. The number of sulfone groups is 1. The fourth-order valence-electron chi connectivity index (χ4n) is 2.52. The molecule has 1 aromatic rings. The smallest absolute Gasteiger partial charge is 0.177 e. The number of anilines is 2. The molecule has 0 saturated carbocycles. The first kappa shape index (κ1) is 13.2. The first-order valence-electron chi connectivity index (χ1n) is 6.27. The molecule has 1 aliphatic rings. The fraction of sp³-hybridized carbons (Fsp3) is 0.538. The van der Waals surface area contributed by atoms with E-state index in [1.54, 1.807) is 12.1 Å². The van der Waals surface area contributed by atoms with Crippen LogP contribution in [0.5, 0.6) is 0 Å². The van der Waals surface area contributed by atoms with Crippen molar-refractivity contribution in [2.24, 2.45) is 5.92 Å². The molecule has 0 aromatic heterocycles. The maximum atomic E-state index is 11.6. The lowest BCUT2D eigenvalue weighted by atomic mass is 10.1. The third-order valence-corrected chi connectivity index (χ3v) is 4.80. The van der Waals surface area contributed by atoms with Gasteiger partial charge < -0.3 is 10.6 Å². The van der Waals surface area contributed by atoms with E-state index < -0.39 is 9.84 Å². The Morgan fingerprint density at radius 3 is 2.72 bits per heavy atom. The van der Waals surface area contributed by atoms with Crippen molar-refractivity contribution in [2.45, 2.75) is 24.7 Å². The van der Waals surface area contributed by atoms with Gasteiger partial charge in [-0.1, -0.05) is 19.4 Å². The molecule has 1 aromatic carbocycles. The molecule has 1 atom stereocenters. The maximum absolute atomic E-state index is 11.6. The Morgan fingerprint density at radius 2 is 2.17 bits per heavy atom. The summed E-state index contributed by atoms with van der Waals surface area (Å²) < 4.78 is 23.3. The molecule has 1 unspecified atom stereocenters. The molecule has 2 rings (SSSR count). The van der Waals surface area contributed by atoms with E-state index in [4.69, 9.17) is 5.73 Å². The van der Waals surface area contributed by atoms with Gasteiger partial charge in [0.05, 0.1) is 16.3 Å². The summed E-state index contributed by atoms with van der Waals surface area (Å²) in [5.41, 5.74) is 7.26. The maximum Gasteiger partial charge on any atom is 0.177 e. The van der Waals surface area contributed by atoms with Gasteiger partial charge in [0, 0.05) is 19.3 Å². The Balaban J connectivity index is 2.36. The minimum atomic E-state index is -3.26. The molecule has 1 heterocycles. The lowest BCUT2D eigenvalue weighted by Crippen LogP contribution is -2.21. The number of nitrogen functional groups attached to an aromatic ring is 1. The molecule has 0 spiro atoms. The number of benzene rings is 1. The standard InChI is InChI=1S/C13H20N2O2S/c1-3-10-7-8-15(9-10)11-5-4-6-12(13(11)14)18(2,16)17/h4-6,10H,3,7-9,14H2,1-2H3. The minimum absolute atomic E-state index is 0.236. The Hall–Kier alpha value is -1.23. The van der Waals surface area contributed by atoms with Gasteiger partial charge >= 0.3 is 0 Å². The van der Waals surface area contributed by atoms with Gasteiger partial charge in [0.25, 0.3) is 0 Å². The van der Waals surface area contributed by atoms with Crippen LogP contribution in [-0.4, -0.2) is 27.8 Å². The molecule has 18 heavy (non-hydrogen) atoms. The molecule has 5 heteroatoms. The fourth-order valence-corrected chi connectivity index (χ4v) is 3.35. The van der Waals surface area contributed by atoms with Crippen LogP contribution in [-0.2, 0) is 9.84 Å². The van der Waals surface area contributed by atoms with E-state index in [0.29, 0.717) is 11.6 Å². The van der Waals surface area contributed by atoms with Gasteiger partial charge in [-0.2, -0.15) is 0 Å². The summed E-state index contributed by atoms with van der Waals surface area (Å²) in [6.45, 7) is 4.11. The molecular weight excluding hydrogens is 248 g/mol. The van der Waals surface area contributed by atoms with Crippen molar-refractivity contribution >= 4 is 21.2 Å². The summed E-state index contributed by atoms with van der Waals surface area (Å²) in [6.07, 6.45) is 3.50. The molecule has 1 fully saturated rings. The van der Waals surface area contributed by atoms with Gasteiger partial charge in [-0.15, -0.1) is 0 Å². The number of hydrogen-bond acceptors (Lipinski definition) is 4. The second-order valence-corrected chi connectivity index (χ2v) is 6.95. The Labute approximate surface area is 109 Å². The number of nitrogens with zero attached hydrogens (tertiary/aromatic N) is 1. The van der Waals surface area contributed by atoms with E-state index >= 15 is 0 Å². The third-order valence-electron chi connectivity index (χ3n) is 3.65. The lowest BCUT2D eigenvalue weighted by molar-refractivity contribution is 0.569. The summed E-state index contributed by atoms with van der Waals surface area (Å²) in [7, 11) is -3.26. The summed E-state index contributed by atoms with van der Waals surface area (Å²) in [4.78, 5) is 2.43. The zero-order valence-corrected chi connectivity index (χ0v) is 11.7. The van der Waals surface area contributed by atoms with Crippen LogP contribution in [0.25, 0.3) is 0 Å². The zero-order chi connectivity index (χ0) is 13.3. The highest BCUT2D eigenvalue weighted by molar-refractivity contribution is 7.90. The van der Waals surface area contributed by atoms with E-state index in [-0.39, 0.29) is 4.90 Å². The van der Waals surface area contributed by atoms with E-state index in [1.807, 2.05) is 6.07 Å². The molecule has 0 radical (unpaired) electrons. The predicted molar refractivity (Wildman–Crippen MR) is 74.6 cm³/mol. The van der Waals surface area contributed by atoms with E-state index in [1.165, 1.54) is 6.26 Å². The van der Waals surface area contributed by atoms with Crippen molar-refractivity contribution in [3.63, 3.8) is 0 Å². The van der Waals surface area contributed by atoms with Crippen LogP contribution in [0.4, 0.5) is 11.4 Å². The molecule has 4 nitrogen and oxygen atoms in total. The van der Waals surface area contributed by atoms with Crippen molar-refractivity contribution in [1.82, 2.24) is 0 Å². The number of rotatable bonds is 3. The SMILES string of the molecule is CCC1CCN(c2cccc(S(C)(=O)=O)c2N)C1. The molecule has 0 bridgehead atoms. The number of para-hydroxylation sites is 1. The van der Waals surface area contributed by atoms with Gasteiger partial charge in [-0.25, -0.2) is 8.42 Å². The van der Waals surface area contributed by atoms with E-state index in [9.17, 15) is 8.42 Å². The molecular formula is C13H20N2O2S. The monoisotopic (exact) mass is 268 g/mol. The molecule has 100 valence electrons. The van der Waals surface area contributed by atoms with Crippen molar-refractivity contribution in [3.05, 3.63) is 18.2 Å². The Morgan fingerprint density at radius 1 is 1.44 bits per heavy atom. The second-order valence-electron chi connectivity index (χ2n) is 4.97. The third kappa shape index (κ3) is 2.46. The molecule has 1 aliphatic heterocycles. The van der Waals surface area contributed by atoms with Crippen LogP contribution in [0.2, 0.25) is 0 Å². The summed E-state index contributed by atoms with van der Waals surface area (Å²) in [5, 5.41) is 0. The predicted octanol–water partition coefficient (Wildman–Crippen LogP) is 1.91. The number of nitrogens with two attached hydrogens (primary N) is 1. The van der Waals surface area contributed by atoms with Gasteiger partial charge in [0.2, 0.25) is 0 Å². The molecule has 0 aliphatic carbocycles. The van der Waals surface area contributed by atoms with Gasteiger partial charge in [-0.3, -0.25) is 0 Å². The quantitative estimate of drug-likeness (QED) is 0.851. The minimum Gasteiger partial charge on any atom is -0.396 e. The lowest BCUT2D eigenvalue weighted by Gasteiger charge is -2.21. The van der Waals surface area contributed by atoms with Crippen LogP contribution >= 0.6 is 0 Å². The molecule has 2 N–H and O–H groups in total. The summed E-state index contributed by atoms with van der Waals surface area (Å²) in [6, 6.07) is 5.24. The average molecular weight is 268 g/mol. The summed E-state index contributed by atoms with van der Waals surface area (Å²) in [5.74, 6) is 0.686. The highest BCUT2D eigenvalue weighted by Gasteiger charge is 2.24. The van der Waals surface area contributed by atoms with Crippen LogP contribution < -0.4 is 10.6 Å². The highest BCUT2D eigenvalue weighted by atomic mass is 32.2. The van der Waals surface area contributed by atoms with Crippen molar-refractivity contribution in [3.8, 4) is 0 Å². The van der Waals surface area contributed by atoms with Crippen molar-refractivity contribution in [1.29, 1.82) is 0 Å². The Bertz CT molecular complexity index is 540. The first-order valence-corrected chi connectivity index (χ1v) is 8.16. The highest BCUT2D eigenvalue weighted by Crippen LogP contribution is 2.33. The van der Waals surface area contributed by atoms with E-state index in [2.05, 4.69) is 11.8 Å². The average Bonchev–Trinajstić information content (AvgIpc) is 2.76. The summed E-state index contributed by atoms with van der Waals surface area (Å²) >= 11 is 0. The van der Waals surface area contributed by atoms with Crippen molar-refractivity contribution < 1.29 is 8.42 Å². The van der Waals surface area contributed by atoms with Gasteiger partial charge in [-0.05, 0) is 24.5 Å². The largest absolute Gasteiger partial charge is 0.396 e. The van der Waals surface area contributed by atoms with Crippen LogP contribution in [0.1, 0.15) is 19.8 Å². The van der Waals surface area contributed by atoms with Crippen molar-refractivity contribution in [2.75, 3.05) is 30.0 Å². The van der Waals surface area contributed by atoms with Crippen LogP contribution in [0.15, 0.2) is 23.1 Å². The zero-order valence-electron chi connectivity index (χ0n) is 10.9. The van der Waals surface area contributed by atoms with Gasteiger partial charge in [0.15, 0.2) is 9.84 Å². The van der Waals surface area contributed by atoms with Gasteiger partial charge in [0.1, 0.15) is 0 Å². The molecule has 1 saturated heterocycles. The van der Waals surface area contributed by atoms with E-state index in [0.717, 1.165) is 31.6 Å². The normalized spacial score (nSPS) is 20.3. The van der Waals surface area contributed by atoms with Crippen LogP contribution in [0.3, 0.4) is 0 Å². The number of hydrogen-bond donors (Lipinski definition) is 1. The Kier molecular flexibility index (Phi) is 3.52.